The maximum atomic E-state index is 11.7. The topological polar surface area (TPSA) is 108 Å². The van der Waals surface area contributed by atoms with Gasteiger partial charge in [-0.05, 0) is 12.5 Å². The van der Waals surface area contributed by atoms with Crippen molar-refractivity contribution in [3.8, 4) is 0 Å². The van der Waals surface area contributed by atoms with Crippen molar-refractivity contribution in [2.24, 2.45) is 5.41 Å². The van der Waals surface area contributed by atoms with Crippen LogP contribution in [0.3, 0.4) is 0 Å². The maximum Gasteiger partial charge on any atom is 0.326 e. The summed E-state index contributed by atoms with van der Waals surface area (Å²) in [6, 6.07) is 9.36. The van der Waals surface area contributed by atoms with Crippen LogP contribution in [0.15, 0.2) is 30.3 Å². The van der Waals surface area contributed by atoms with E-state index in [1.54, 1.807) is 13.8 Å². The zero-order chi connectivity index (χ0) is 18.2. The first kappa shape index (κ1) is 20.1. The molecule has 1 rings (SSSR count). The molecule has 4 N–H and O–H groups in total. The lowest BCUT2D eigenvalue weighted by atomic mass is 9.87. The zero-order valence-electron chi connectivity index (χ0n) is 14.3. The molecule has 0 spiro atoms. The van der Waals surface area contributed by atoms with Gasteiger partial charge in [0.25, 0.3) is 0 Å². The van der Waals surface area contributed by atoms with Crippen molar-refractivity contribution in [3.05, 3.63) is 35.9 Å². The van der Waals surface area contributed by atoms with Crippen molar-refractivity contribution in [2.45, 2.75) is 39.3 Å². The Labute approximate surface area is 142 Å². The summed E-state index contributed by atoms with van der Waals surface area (Å²) in [5, 5.41) is 21.4. The Bertz CT molecular complexity index is 533. The number of carbonyl (C=O) groups excluding carboxylic acids is 2. The van der Waals surface area contributed by atoms with Crippen LogP contribution in [-0.2, 0) is 14.4 Å². The van der Waals surface area contributed by atoms with Crippen molar-refractivity contribution in [1.29, 1.82) is 0 Å². The Morgan fingerprint density at radius 1 is 1.25 bits per heavy atom. The smallest absolute Gasteiger partial charge is 0.326 e. The fraction of sp³-hybridized carbons (Fsp3) is 0.529. The van der Waals surface area contributed by atoms with Crippen LogP contribution in [0.25, 0.3) is 0 Å². The molecule has 2 atom stereocenters. The van der Waals surface area contributed by atoms with Gasteiger partial charge in [0.1, 0.15) is 6.10 Å². The molecule has 7 nitrogen and oxygen atoms in total. The van der Waals surface area contributed by atoms with Gasteiger partial charge < -0.3 is 20.4 Å². The molecule has 0 saturated heterocycles. The third-order valence-corrected chi connectivity index (χ3v) is 3.67. The Morgan fingerprint density at radius 2 is 1.88 bits per heavy atom. The lowest BCUT2D eigenvalue weighted by Gasteiger charge is -2.27. The van der Waals surface area contributed by atoms with Gasteiger partial charge in [-0.1, -0.05) is 44.2 Å². The Balaban J connectivity index is 2.28. The van der Waals surface area contributed by atoms with E-state index in [1.807, 2.05) is 37.3 Å². The molecular weight excluding hydrogens is 312 g/mol. The van der Waals surface area contributed by atoms with Gasteiger partial charge in [-0.2, -0.15) is 0 Å². The van der Waals surface area contributed by atoms with E-state index in [9.17, 15) is 14.7 Å². The molecule has 0 bridgehead atoms. The summed E-state index contributed by atoms with van der Waals surface area (Å²) in [5.74, 6) is -1.15. The lowest BCUT2D eigenvalue weighted by Crippen LogP contribution is -2.46. The van der Waals surface area contributed by atoms with Crippen molar-refractivity contribution >= 4 is 11.9 Å². The molecule has 0 heterocycles. The molecule has 134 valence electrons. The molecule has 0 aliphatic carbocycles. The summed E-state index contributed by atoms with van der Waals surface area (Å²) in [6.45, 7) is 4.71. The maximum absolute atomic E-state index is 11.7. The first-order chi connectivity index (χ1) is 11.3. The van der Waals surface area contributed by atoms with E-state index < -0.39 is 23.4 Å². The van der Waals surface area contributed by atoms with Gasteiger partial charge >= 0.3 is 5.97 Å². The third-order valence-electron chi connectivity index (χ3n) is 3.67. The summed E-state index contributed by atoms with van der Waals surface area (Å²) in [5.41, 5.74) is 2.68. The number of benzene rings is 1. The number of aliphatic hydroxyl groups is 2. The quantitative estimate of drug-likeness (QED) is 0.493. The van der Waals surface area contributed by atoms with Gasteiger partial charge in [-0.25, -0.2) is 0 Å². The highest BCUT2D eigenvalue weighted by molar-refractivity contribution is 5.81. The SMILES string of the molecule is C[C@@H](NOC(=O)CCNC(=O)[C@H](O)C(C)(C)CO)c1ccccc1. The van der Waals surface area contributed by atoms with E-state index in [0.717, 1.165) is 5.56 Å². The standard InChI is InChI=1S/C17H26N2O5/c1-12(13-7-5-4-6-8-13)19-24-14(21)9-10-18-16(23)15(22)17(2,3)11-20/h4-8,12,15,19-20,22H,9-11H2,1-3H3,(H,18,23)/t12-,15+/m1/s1. The molecule has 1 aromatic rings. The van der Waals surface area contributed by atoms with E-state index in [2.05, 4.69) is 10.8 Å². The fourth-order valence-corrected chi connectivity index (χ4v) is 1.84. The van der Waals surface area contributed by atoms with Crippen LogP contribution in [0.1, 0.15) is 38.8 Å². The zero-order valence-corrected chi connectivity index (χ0v) is 14.3. The number of rotatable bonds is 9. The van der Waals surface area contributed by atoms with Crippen LogP contribution in [0.4, 0.5) is 0 Å². The largest absolute Gasteiger partial charge is 0.396 e. The van der Waals surface area contributed by atoms with Gasteiger partial charge in [0.2, 0.25) is 5.91 Å². The Hall–Kier alpha value is -1.96. The highest BCUT2D eigenvalue weighted by atomic mass is 16.7. The molecule has 1 amide bonds. The highest BCUT2D eigenvalue weighted by Gasteiger charge is 2.32. The summed E-state index contributed by atoms with van der Waals surface area (Å²) in [6.07, 6.45) is -1.39. The van der Waals surface area contributed by atoms with Crippen molar-refractivity contribution < 1.29 is 24.6 Å². The van der Waals surface area contributed by atoms with Crippen LogP contribution < -0.4 is 10.8 Å². The molecule has 0 saturated carbocycles. The van der Waals surface area contributed by atoms with Crippen LogP contribution in [0.5, 0.6) is 0 Å². The molecule has 0 unspecified atom stereocenters. The lowest BCUT2D eigenvalue weighted by molar-refractivity contribution is -0.152. The van der Waals surface area contributed by atoms with Crippen molar-refractivity contribution in [2.75, 3.05) is 13.2 Å². The second kappa shape index (κ2) is 9.36. The van der Waals surface area contributed by atoms with Gasteiger partial charge in [-0.3, -0.25) is 9.59 Å². The molecule has 7 heteroatoms. The first-order valence-corrected chi connectivity index (χ1v) is 7.84. The average Bonchev–Trinajstić information content (AvgIpc) is 2.59. The fourth-order valence-electron chi connectivity index (χ4n) is 1.84. The summed E-state index contributed by atoms with van der Waals surface area (Å²) in [7, 11) is 0. The van der Waals surface area contributed by atoms with Crippen LogP contribution >= 0.6 is 0 Å². The van der Waals surface area contributed by atoms with Crippen molar-refractivity contribution in [1.82, 2.24) is 10.8 Å². The number of hydrogen-bond acceptors (Lipinski definition) is 6. The Kier molecular flexibility index (Phi) is 7.84. The van der Waals surface area contributed by atoms with Crippen LogP contribution in [-0.4, -0.2) is 41.3 Å². The third kappa shape index (κ3) is 6.27. The molecule has 0 aliphatic rings. The minimum Gasteiger partial charge on any atom is -0.396 e. The molecule has 0 aromatic heterocycles. The number of carbonyl (C=O) groups is 2. The summed E-state index contributed by atoms with van der Waals surface area (Å²) < 4.78 is 0. The molecule has 1 aromatic carbocycles. The van der Waals surface area contributed by atoms with E-state index in [4.69, 9.17) is 9.94 Å². The van der Waals surface area contributed by atoms with Crippen LogP contribution in [0, 0.1) is 5.41 Å². The van der Waals surface area contributed by atoms with E-state index in [0.29, 0.717) is 0 Å². The first-order valence-electron chi connectivity index (χ1n) is 7.84. The molecule has 0 fully saturated rings. The van der Waals surface area contributed by atoms with Gasteiger partial charge in [-0.15, -0.1) is 5.48 Å². The predicted octanol–water partition coefficient (Wildman–Crippen LogP) is 0.681. The minimum absolute atomic E-state index is 0.0352. The van der Waals surface area contributed by atoms with E-state index in [-0.39, 0.29) is 25.6 Å². The van der Waals surface area contributed by atoms with E-state index >= 15 is 0 Å². The minimum atomic E-state index is -1.35. The number of hydrogen-bond donors (Lipinski definition) is 4. The number of amides is 1. The molecule has 0 aliphatic heterocycles. The summed E-state index contributed by atoms with van der Waals surface area (Å²) in [4.78, 5) is 28.3. The second-order valence-electron chi connectivity index (χ2n) is 6.31. The van der Waals surface area contributed by atoms with Gasteiger partial charge in [0.05, 0.1) is 19.1 Å². The number of hydroxylamine groups is 1. The molecule has 0 radical (unpaired) electrons. The van der Waals surface area contributed by atoms with Gasteiger partial charge in [0, 0.05) is 12.0 Å². The van der Waals surface area contributed by atoms with Crippen LogP contribution in [0.2, 0.25) is 0 Å². The molecular formula is C17H26N2O5. The molecule has 24 heavy (non-hydrogen) atoms. The average molecular weight is 338 g/mol. The highest BCUT2D eigenvalue weighted by Crippen LogP contribution is 2.19. The number of nitrogens with one attached hydrogen (secondary N) is 2. The van der Waals surface area contributed by atoms with E-state index in [1.165, 1.54) is 0 Å². The monoisotopic (exact) mass is 338 g/mol. The van der Waals surface area contributed by atoms with Gasteiger partial charge in [0.15, 0.2) is 0 Å². The van der Waals surface area contributed by atoms with Crippen molar-refractivity contribution in [3.63, 3.8) is 0 Å². The number of aliphatic hydroxyl groups excluding tert-OH is 2. The Morgan fingerprint density at radius 3 is 2.46 bits per heavy atom. The second-order valence-corrected chi connectivity index (χ2v) is 6.31. The normalized spacial score (nSPS) is 13.9. The summed E-state index contributed by atoms with van der Waals surface area (Å²) >= 11 is 0. The predicted molar refractivity (Wildman–Crippen MR) is 88.6 cm³/mol.